The number of ketones is 1. The van der Waals surface area contributed by atoms with Gasteiger partial charge in [-0.05, 0) is 38.0 Å². The maximum absolute atomic E-state index is 11.9. The van der Waals surface area contributed by atoms with Crippen LogP contribution in [0.1, 0.15) is 59.3 Å². The third kappa shape index (κ3) is 1.24. The summed E-state index contributed by atoms with van der Waals surface area (Å²) in [7, 11) is 0. The Bertz CT molecular complexity index is 291. The van der Waals surface area contributed by atoms with Gasteiger partial charge in [-0.15, -0.1) is 0 Å². The molecule has 86 valence electrons. The van der Waals surface area contributed by atoms with E-state index < -0.39 is 5.60 Å². The molecule has 15 heavy (non-hydrogen) atoms. The summed E-state index contributed by atoms with van der Waals surface area (Å²) in [4.78, 5) is 11.9. The van der Waals surface area contributed by atoms with Crippen LogP contribution >= 0.6 is 0 Å². The van der Waals surface area contributed by atoms with Crippen molar-refractivity contribution in [3.05, 3.63) is 0 Å². The molecule has 1 spiro atoms. The lowest BCUT2D eigenvalue weighted by molar-refractivity contribution is -0.172. The van der Waals surface area contributed by atoms with E-state index in [1.165, 1.54) is 0 Å². The standard InChI is InChI=1S/C13H22O2/c1-11(2)7-5-9-13(11)8-4-6-10(14)12(13,3)15/h15H,4-9H2,1-3H3/t12-,13-/m0/s1. The van der Waals surface area contributed by atoms with Crippen LogP contribution in [0.25, 0.3) is 0 Å². The molecule has 1 N–H and O–H groups in total. The molecule has 0 heterocycles. The van der Waals surface area contributed by atoms with Gasteiger partial charge >= 0.3 is 0 Å². The number of hydrogen-bond donors (Lipinski definition) is 1. The van der Waals surface area contributed by atoms with Crippen molar-refractivity contribution in [1.29, 1.82) is 0 Å². The monoisotopic (exact) mass is 210 g/mol. The van der Waals surface area contributed by atoms with E-state index in [9.17, 15) is 9.90 Å². The number of rotatable bonds is 0. The fourth-order valence-corrected chi connectivity index (χ4v) is 4.08. The predicted octanol–water partition coefficient (Wildman–Crippen LogP) is 2.69. The molecule has 0 saturated heterocycles. The maximum Gasteiger partial charge on any atom is 0.164 e. The Morgan fingerprint density at radius 1 is 1.07 bits per heavy atom. The summed E-state index contributed by atoms with van der Waals surface area (Å²) in [5, 5.41) is 10.6. The summed E-state index contributed by atoms with van der Waals surface area (Å²) in [5.41, 5.74) is -1.15. The molecular weight excluding hydrogens is 188 g/mol. The van der Waals surface area contributed by atoms with Gasteiger partial charge in [-0.1, -0.05) is 20.3 Å². The van der Waals surface area contributed by atoms with Crippen LogP contribution in [0, 0.1) is 10.8 Å². The molecule has 2 rings (SSSR count). The lowest BCUT2D eigenvalue weighted by Crippen LogP contribution is -2.58. The number of carbonyl (C=O) groups excluding carboxylic acids is 1. The van der Waals surface area contributed by atoms with Gasteiger partial charge in [-0.3, -0.25) is 4.79 Å². The smallest absolute Gasteiger partial charge is 0.164 e. The van der Waals surface area contributed by atoms with Crippen molar-refractivity contribution in [3.8, 4) is 0 Å². The largest absolute Gasteiger partial charge is 0.382 e. The van der Waals surface area contributed by atoms with E-state index in [2.05, 4.69) is 13.8 Å². The molecule has 2 nitrogen and oxygen atoms in total. The summed E-state index contributed by atoms with van der Waals surface area (Å²) in [6, 6.07) is 0. The quantitative estimate of drug-likeness (QED) is 0.667. The first kappa shape index (κ1) is 11.1. The third-order valence-corrected chi connectivity index (χ3v) is 5.18. The van der Waals surface area contributed by atoms with E-state index in [1.807, 2.05) is 0 Å². The number of carbonyl (C=O) groups is 1. The second kappa shape index (κ2) is 3.07. The average molecular weight is 210 g/mol. The van der Waals surface area contributed by atoms with Gasteiger partial charge in [-0.2, -0.15) is 0 Å². The van der Waals surface area contributed by atoms with E-state index in [4.69, 9.17) is 0 Å². The molecule has 2 saturated carbocycles. The van der Waals surface area contributed by atoms with Crippen molar-refractivity contribution in [1.82, 2.24) is 0 Å². The van der Waals surface area contributed by atoms with Crippen LogP contribution in [0.3, 0.4) is 0 Å². The van der Waals surface area contributed by atoms with Crippen molar-refractivity contribution < 1.29 is 9.90 Å². The minimum absolute atomic E-state index is 0.0590. The highest BCUT2D eigenvalue weighted by Gasteiger charge is 2.62. The Kier molecular flexibility index (Phi) is 2.27. The zero-order valence-corrected chi connectivity index (χ0v) is 10.1. The fraction of sp³-hybridized carbons (Fsp3) is 0.923. The van der Waals surface area contributed by atoms with E-state index in [0.717, 1.165) is 32.1 Å². The van der Waals surface area contributed by atoms with Crippen molar-refractivity contribution in [2.24, 2.45) is 10.8 Å². The molecule has 0 radical (unpaired) electrons. The van der Waals surface area contributed by atoms with Crippen LogP contribution < -0.4 is 0 Å². The SMILES string of the molecule is CC1(C)CCC[C@@]12CCCC(=O)[C@]2(C)O. The van der Waals surface area contributed by atoms with Crippen LogP contribution in [0.4, 0.5) is 0 Å². The predicted molar refractivity (Wildman–Crippen MR) is 59.5 cm³/mol. The highest BCUT2D eigenvalue weighted by molar-refractivity contribution is 5.88. The van der Waals surface area contributed by atoms with Crippen LogP contribution in [0.2, 0.25) is 0 Å². The summed E-state index contributed by atoms with van der Waals surface area (Å²) < 4.78 is 0. The van der Waals surface area contributed by atoms with Gasteiger partial charge in [0.05, 0.1) is 0 Å². The molecule has 2 fully saturated rings. The summed E-state index contributed by atoms with van der Waals surface area (Å²) >= 11 is 0. The Labute approximate surface area is 92.1 Å². The van der Waals surface area contributed by atoms with Crippen LogP contribution in [0.5, 0.6) is 0 Å². The van der Waals surface area contributed by atoms with Gasteiger partial charge in [0, 0.05) is 11.8 Å². The molecule has 0 aromatic carbocycles. The van der Waals surface area contributed by atoms with Crippen molar-refractivity contribution >= 4 is 5.78 Å². The van der Waals surface area contributed by atoms with Gasteiger partial charge in [0.2, 0.25) is 0 Å². The van der Waals surface area contributed by atoms with Crippen LogP contribution in [-0.4, -0.2) is 16.5 Å². The molecular formula is C13H22O2. The highest BCUT2D eigenvalue weighted by Crippen LogP contribution is 2.62. The minimum atomic E-state index is -1.09. The second-order valence-electron chi connectivity index (χ2n) is 6.17. The Hall–Kier alpha value is -0.370. The molecule has 0 amide bonds. The molecule has 0 aliphatic heterocycles. The lowest BCUT2D eigenvalue weighted by atomic mass is 9.53. The van der Waals surface area contributed by atoms with Gasteiger partial charge in [0.15, 0.2) is 5.78 Å². The first-order chi connectivity index (χ1) is 6.83. The molecule has 2 atom stereocenters. The molecule has 0 aromatic rings. The molecule has 0 unspecified atom stereocenters. The Balaban J connectivity index is 2.45. The van der Waals surface area contributed by atoms with Gasteiger partial charge < -0.3 is 5.11 Å². The van der Waals surface area contributed by atoms with Crippen molar-refractivity contribution in [3.63, 3.8) is 0 Å². The molecule has 2 heteroatoms. The minimum Gasteiger partial charge on any atom is -0.382 e. The van der Waals surface area contributed by atoms with Gasteiger partial charge in [0.1, 0.15) is 5.60 Å². The van der Waals surface area contributed by atoms with E-state index in [1.54, 1.807) is 6.92 Å². The topological polar surface area (TPSA) is 37.3 Å². The normalized spacial score (nSPS) is 44.9. The van der Waals surface area contributed by atoms with Crippen molar-refractivity contribution in [2.75, 3.05) is 0 Å². The van der Waals surface area contributed by atoms with E-state index >= 15 is 0 Å². The lowest BCUT2D eigenvalue weighted by Gasteiger charge is -2.53. The van der Waals surface area contributed by atoms with Gasteiger partial charge in [-0.25, -0.2) is 0 Å². The second-order valence-corrected chi connectivity index (χ2v) is 6.17. The zero-order chi connectivity index (χ0) is 11.3. The Morgan fingerprint density at radius 2 is 1.67 bits per heavy atom. The highest BCUT2D eigenvalue weighted by atomic mass is 16.3. The molecule has 2 aliphatic rings. The first-order valence-corrected chi connectivity index (χ1v) is 6.09. The fourth-order valence-electron chi connectivity index (χ4n) is 4.08. The maximum atomic E-state index is 11.9. The Morgan fingerprint density at radius 3 is 2.20 bits per heavy atom. The van der Waals surface area contributed by atoms with Crippen LogP contribution in [0.15, 0.2) is 0 Å². The number of hydrogen-bond acceptors (Lipinski definition) is 2. The zero-order valence-electron chi connectivity index (χ0n) is 10.1. The summed E-state index contributed by atoms with van der Waals surface area (Å²) in [6.07, 6.45) is 5.83. The van der Waals surface area contributed by atoms with E-state index in [0.29, 0.717) is 6.42 Å². The first-order valence-electron chi connectivity index (χ1n) is 6.09. The summed E-state index contributed by atoms with van der Waals surface area (Å²) in [5.74, 6) is 0.0590. The van der Waals surface area contributed by atoms with Crippen LogP contribution in [-0.2, 0) is 4.79 Å². The third-order valence-electron chi connectivity index (χ3n) is 5.18. The van der Waals surface area contributed by atoms with E-state index in [-0.39, 0.29) is 16.6 Å². The number of Topliss-reactive ketones (excluding diaryl/α,β-unsaturated/α-hetero) is 1. The molecule has 0 bridgehead atoms. The van der Waals surface area contributed by atoms with Gasteiger partial charge in [0.25, 0.3) is 0 Å². The number of aliphatic hydroxyl groups is 1. The molecule has 2 aliphatic carbocycles. The summed E-state index contributed by atoms with van der Waals surface area (Å²) in [6.45, 7) is 6.18. The molecule has 0 aromatic heterocycles. The van der Waals surface area contributed by atoms with Crippen molar-refractivity contribution in [2.45, 2.75) is 64.9 Å². The average Bonchev–Trinajstić information content (AvgIpc) is 2.40.